The largest absolute Gasteiger partial charge is 0.363 e. The number of hydrogen-bond acceptors (Lipinski definition) is 5. The molecule has 4 rings (SSSR count). The molecule has 6 nitrogen and oxygen atoms in total. The van der Waals surface area contributed by atoms with Crippen molar-refractivity contribution in [3.8, 4) is 11.4 Å². The van der Waals surface area contributed by atoms with Gasteiger partial charge in [0.05, 0.1) is 0 Å². The number of hydrogen-bond donors (Lipinski definition) is 0. The number of anilines is 1. The maximum Gasteiger partial charge on any atom is 0.251 e. The summed E-state index contributed by atoms with van der Waals surface area (Å²) in [5, 5.41) is 0. The van der Waals surface area contributed by atoms with Crippen molar-refractivity contribution in [1.29, 1.82) is 0 Å². The van der Waals surface area contributed by atoms with Crippen LogP contribution in [0.3, 0.4) is 0 Å². The van der Waals surface area contributed by atoms with Crippen molar-refractivity contribution in [2.75, 3.05) is 38.6 Å². The lowest BCUT2D eigenvalue weighted by atomic mass is 9.82. The number of pyridine rings is 1. The highest BCUT2D eigenvalue weighted by Gasteiger charge is 2.35. The fourth-order valence-corrected chi connectivity index (χ4v) is 4.59. The molecule has 1 fully saturated rings. The summed E-state index contributed by atoms with van der Waals surface area (Å²) in [4.78, 5) is 26.4. The van der Waals surface area contributed by atoms with Crippen LogP contribution in [0.4, 0.5) is 5.82 Å². The third-order valence-electron chi connectivity index (χ3n) is 5.61. The predicted octanol–water partition coefficient (Wildman–Crippen LogP) is 2.45. The molecule has 0 aromatic carbocycles. The van der Waals surface area contributed by atoms with E-state index < -0.39 is 0 Å². The van der Waals surface area contributed by atoms with Crippen LogP contribution in [0.25, 0.3) is 11.4 Å². The van der Waals surface area contributed by atoms with Crippen LogP contribution in [0.1, 0.15) is 31.9 Å². The minimum atomic E-state index is 0.0772. The van der Waals surface area contributed by atoms with Crippen LogP contribution < -0.4 is 10.5 Å². The van der Waals surface area contributed by atoms with Crippen LogP contribution in [0, 0.1) is 11.8 Å². The lowest BCUT2D eigenvalue weighted by molar-refractivity contribution is 0.109. The minimum Gasteiger partial charge on any atom is -0.363 e. The highest BCUT2D eigenvalue weighted by atomic mass is 16.1. The Kier molecular flexibility index (Phi) is 4.76. The van der Waals surface area contributed by atoms with E-state index >= 15 is 0 Å². The van der Waals surface area contributed by atoms with Crippen molar-refractivity contribution < 1.29 is 0 Å². The van der Waals surface area contributed by atoms with E-state index in [9.17, 15) is 4.79 Å². The first kappa shape index (κ1) is 18.2. The predicted molar refractivity (Wildman–Crippen MR) is 108 cm³/mol. The summed E-state index contributed by atoms with van der Waals surface area (Å²) in [6.07, 6.45) is 2.94. The lowest BCUT2D eigenvalue weighted by Crippen LogP contribution is -2.48. The molecule has 2 aromatic heterocycles. The molecular weight excluding hydrogens is 338 g/mol. The van der Waals surface area contributed by atoms with Crippen molar-refractivity contribution in [3.05, 3.63) is 40.4 Å². The van der Waals surface area contributed by atoms with Gasteiger partial charge in [-0.05, 0) is 30.4 Å². The lowest BCUT2D eigenvalue weighted by Gasteiger charge is -2.43. The van der Waals surface area contributed by atoms with Crippen molar-refractivity contribution in [2.45, 2.75) is 32.7 Å². The van der Waals surface area contributed by atoms with Crippen molar-refractivity contribution in [2.24, 2.45) is 11.8 Å². The van der Waals surface area contributed by atoms with Gasteiger partial charge < -0.3 is 14.4 Å². The van der Waals surface area contributed by atoms with E-state index in [1.807, 2.05) is 29.6 Å². The normalized spacial score (nSPS) is 22.0. The van der Waals surface area contributed by atoms with Crippen LogP contribution in [-0.4, -0.2) is 53.2 Å². The first-order valence-electron chi connectivity index (χ1n) is 9.88. The third-order valence-corrected chi connectivity index (χ3v) is 5.61. The van der Waals surface area contributed by atoms with E-state index in [1.165, 1.54) is 6.42 Å². The topological polar surface area (TPSA) is 54.3 Å². The third kappa shape index (κ3) is 3.63. The van der Waals surface area contributed by atoms with E-state index in [1.54, 1.807) is 12.3 Å². The molecule has 2 aromatic rings. The molecule has 0 radical (unpaired) electrons. The SMILES string of the molecule is CC(C)CN1C[C@@H]2C[C@H](C1)c1cc(-c3nccc(N(C)C)n3)cc(=O)n1C2. The van der Waals surface area contributed by atoms with Crippen molar-refractivity contribution in [1.82, 2.24) is 19.4 Å². The van der Waals surface area contributed by atoms with Gasteiger partial charge in [0.1, 0.15) is 5.82 Å². The van der Waals surface area contributed by atoms with Gasteiger partial charge in [-0.25, -0.2) is 9.97 Å². The second-order valence-corrected chi connectivity index (χ2v) is 8.66. The molecule has 144 valence electrons. The Morgan fingerprint density at radius 3 is 2.78 bits per heavy atom. The molecule has 2 atom stereocenters. The maximum atomic E-state index is 12.9. The highest BCUT2D eigenvalue weighted by molar-refractivity contribution is 5.57. The van der Waals surface area contributed by atoms with Crippen molar-refractivity contribution >= 4 is 5.82 Å². The molecule has 0 saturated carbocycles. The van der Waals surface area contributed by atoms with E-state index in [-0.39, 0.29) is 5.56 Å². The molecule has 0 amide bonds. The Balaban J connectivity index is 1.71. The number of aromatic nitrogens is 3. The first-order valence-corrected chi connectivity index (χ1v) is 9.88. The number of rotatable bonds is 4. The van der Waals surface area contributed by atoms with Gasteiger partial charge >= 0.3 is 0 Å². The van der Waals surface area contributed by atoms with Gasteiger partial charge in [0.25, 0.3) is 5.56 Å². The Bertz CT molecular complexity index is 888. The molecule has 2 aliphatic heterocycles. The summed E-state index contributed by atoms with van der Waals surface area (Å²) in [6, 6.07) is 5.73. The molecule has 27 heavy (non-hydrogen) atoms. The average molecular weight is 367 g/mol. The van der Waals surface area contributed by atoms with E-state index in [0.29, 0.717) is 23.6 Å². The molecular formula is C21H29N5O. The molecule has 2 aliphatic rings. The van der Waals surface area contributed by atoms with Crippen LogP contribution in [0.15, 0.2) is 29.2 Å². The zero-order valence-electron chi connectivity index (χ0n) is 16.7. The monoisotopic (exact) mass is 367 g/mol. The maximum absolute atomic E-state index is 12.9. The number of piperidine rings is 1. The van der Waals surface area contributed by atoms with Crippen LogP contribution in [0.5, 0.6) is 0 Å². The molecule has 2 bridgehead atoms. The van der Waals surface area contributed by atoms with E-state index in [2.05, 4.69) is 34.8 Å². The van der Waals surface area contributed by atoms with Crippen LogP contribution >= 0.6 is 0 Å². The minimum absolute atomic E-state index is 0.0772. The summed E-state index contributed by atoms with van der Waals surface area (Å²) < 4.78 is 1.99. The second-order valence-electron chi connectivity index (χ2n) is 8.66. The molecule has 0 spiro atoms. The smallest absolute Gasteiger partial charge is 0.251 e. The van der Waals surface area contributed by atoms with Gasteiger partial charge in [0.15, 0.2) is 5.82 Å². The van der Waals surface area contributed by atoms with Crippen molar-refractivity contribution in [3.63, 3.8) is 0 Å². The highest BCUT2D eigenvalue weighted by Crippen LogP contribution is 2.36. The van der Waals surface area contributed by atoms with Crippen LogP contribution in [0.2, 0.25) is 0 Å². The fraction of sp³-hybridized carbons (Fsp3) is 0.571. The molecule has 0 unspecified atom stereocenters. The standard InChI is InChI=1S/C21H29N5O/c1-14(2)10-25-11-15-7-17(13-25)18-8-16(9-20(27)26(18)12-15)21-22-6-5-19(23-21)24(3)4/h5-6,8-9,14-15,17H,7,10-13H2,1-4H3/t15-,17+/m0/s1. The summed E-state index contributed by atoms with van der Waals surface area (Å²) in [5.74, 6) is 3.13. The molecule has 1 saturated heterocycles. The summed E-state index contributed by atoms with van der Waals surface area (Å²) in [6.45, 7) is 8.65. The van der Waals surface area contributed by atoms with E-state index in [4.69, 9.17) is 0 Å². The summed E-state index contributed by atoms with van der Waals surface area (Å²) in [5.41, 5.74) is 2.06. The number of fused-ring (bicyclic) bond motifs is 4. The van der Waals surface area contributed by atoms with E-state index in [0.717, 1.165) is 43.3 Å². The summed E-state index contributed by atoms with van der Waals surface area (Å²) in [7, 11) is 3.92. The Morgan fingerprint density at radius 2 is 2.04 bits per heavy atom. The van der Waals surface area contributed by atoms with Gasteiger partial charge in [-0.15, -0.1) is 0 Å². The van der Waals surface area contributed by atoms with Gasteiger partial charge in [0.2, 0.25) is 0 Å². The quantitative estimate of drug-likeness (QED) is 0.831. The summed E-state index contributed by atoms with van der Waals surface area (Å²) >= 11 is 0. The Morgan fingerprint density at radius 1 is 1.22 bits per heavy atom. The number of likely N-dealkylation sites (tertiary alicyclic amines) is 1. The molecule has 4 heterocycles. The van der Waals surface area contributed by atoms with Gasteiger partial charge in [-0.3, -0.25) is 4.79 Å². The molecule has 0 N–H and O–H groups in total. The molecule has 6 heteroatoms. The van der Waals surface area contributed by atoms with Crippen LogP contribution in [-0.2, 0) is 6.54 Å². The zero-order chi connectivity index (χ0) is 19.1. The second kappa shape index (κ2) is 7.08. The molecule has 0 aliphatic carbocycles. The zero-order valence-corrected chi connectivity index (χ0v) is 16.7. The Hall–Kier alpha value is -2.21. The van der Waals surface area contributed by atoms with Gasteiger partial charge in [0, 0.05) is 69.7 Å². The first-order chi connectivity index (χ1) is 12.9. The average Bonchev–Trinajstić information content (AvgIpc) is 2.62. The number of nitrogens with zero attached hydrogens (tertiary/aromatic N) is 5. The van der Waals surface area contributed by atoms with Gasteiger partial charge in [-0.1, -0.05) is 13.8 Å². The fourth-order valence-electron chi connectivity index (χ4n) is 4.59. The van der Waals surface area contributed by atoms with Gasteiger partial charge in [-0.2, -0.15) is 0 Å². The Labute approximate surface area is 160 Å².